The highest BCUT2D eigenvalue weighted by Gasteiger charge is 2.13. The van der Waals surface area contributed by atoms with Crippen LogP contribution in [-0.2, 0) is 0 Å². The van der Waals surface area contributed by atoms with E-state index in [2.05, 4.69) is 20.3 Å². The van der Waals surface area contributed by atoms with Gasteiger partial charge in [-0.2, -0.15) is 10.5 Å². The zero-order chi connectivity index (χ0) is 17.6. The van der Waals surface area contributed by atoms with Crippen molar-refractivity contribution in [2.75, 3.05) is 5.32 Å². The maximum absolute atomic E-state index is 12.2. The van der Waals surface area contributed by atoms with E-state index in [-0.39, 0.29) is 17.3 Å². The Bertz CT molecular complexity index is 951. The van der Waals surface area contributed by atoms with Gasteiger partial charge in [0, 0.05) is 16.7 Å². The molecule has 3 rings (SSSR count). The number of nitriles is 2. The Balaban J connectivity index is 1.70. The van der Waals surface area contributed by atoms with E-state index in [1.54, 1.807) is 24.4 Å². The summed E-state index contributed by atoms with van der Waals surface area (Å²) in [5, 5.41) is 21.1. The predicted octanol–water partition coefficient (Wildman–Crippen LogP) is 2.95. The lowest BCUT2D eigenvalue weighted by Crippen LogP contribution is -2.12. The molecule has 7 nitrogen and oxygen atoms in total. The number of nitrogens with one attached hydrogen (secondary N) is 2. The molecule has 1 amide bonds. The molecule has 8 heteroatoms. The van der Waals surface area contributed by atoms with Gasteiger partial charge in [-0.05, 0) is 36.4 Å². The molecule has 0 saturated carbocycles. The van der Waals surface area contributed by atoms with Crippen LogP contribution in [0.2, 0.25) is 0 Å². The topological polar surface area (TPSA) is 118 Å². The number of H-pyrrole nitrogens is 1. The highest BCUT2D eigenvalue weighted by Crippen LogP contribution is 2.25. The maximum Gasteiger partial charge on any atom is 0.257 e. The predicted molar refractivity (Wildman–Crippen MR) is 90.8 cm³/mol. The lowest BCUT2D eigenvalue weighted by Gasteiger charge is -2.04. The Kier molecular flexibility index (Phi) is 4.74. The molecule has 0 radical (unpaired) electrons. The van der Waals surface area contributed by atoms with Crippen molar-refractivity contribution >= 4 is 23.6 Å². The highest BCUT2D eigenvalue weighted by molar-refractivity contribution is 7.99. The van der Waals surface area contributed by atoms with Gasteiger partial charge in [0.25, 0.3) is 5.91 Å². The first-order valence-corrected chi connectivity index (χ1v) is 7.92. The Morgan fingerprint density at radius 2 is 1.92 bits per heavy atom. The van der Waals surface area contributed by atoms with Crippen molar-refractivity contribution in [2.45, 2.75) is 9.92 Å². The highest BCUT2D eigenvalue weighted by atomic mass is 32.2. The number of hydrogen-bond donors (Lipinski definition) is 2. The molecule has 0 unspecified atom stereocenters. The van der Waals surface area contributed by atoms with E-state index in [1.807, 2.05) is 36.4 Å². The van der Waals surface area contributed by atoms with Crippen LogP contribution in [0, 0.1) is 22.7 Å². The molecular formula is C17H10N6OS. The molecule has 2 N–H and O–H groups in total. The number of benzene rings is 1. The van der Waals surface area contributed by atoms with E-state index in [1.165, 1.54) is 11.8 Å². The van der Waals surface area contributed by atoms with Gasteiger partial charge in [0.1, 0.15) is 17.2 Å². The number of hydrogen-bond acceptors (Lipinski definition) is 6. The monoisotopic (exact) mass is 346 g/mol. The Labute approximate surface area is 147 Å². The lowest BCUT2D eigenvalue weighted by molar-refractivity contribution is 0.102. The average molecular weight is 346 g/mol. The van der Waals surface area contributed by atoms with Crippen molar-refractivity contribution in [1.29, 1.82) is 10.5 Å². The number of aromatic nitrogens is 3. The molecule has 1 aromatic carbocycles. The van der Waals surface area contributed by atoms with Gasteiger partial charge in [-0.1, -0.05) is 17.8 Å². The van der Waals surface area contributed by atoms with E-state index < -0.39 is 5.91 Å². The molecular weight excluding hydrogens is 336 g/mol. The molecule has 0 atom stereocenters. The zero-order valence-electron chi connectivity index (χ0n) is 12.7. The molecule has 0 saturated heterocycles. The summed E-state index contributed by atoms with van der Waals surface area (Å²) in [5.41, 5.74) is 0.388. The quantitative estimate of drug-likeness (QED) is 0.750. The molecule has 25 heavy (non-hydrogen) atoms. The van der Waals surface area contributed by atoms with Crippen molar-refractivity contribution in [3.63, 3.8) is 0 Å². The number of rotatable bonds is 4. The Morgan fingerprint density at radius 1 is 1.12 bits per heavy atom. The molecule has 120 valence electrons. The van der Waals surface area contributed by atoms with Gasteiger partial charge in [-0.25, -0.2) is 9.97 Å². The van der Waals surface area contributed by atoms with Gasteiger partial charge >= 0.3 is 0 Å². The molecule has 0 fully saturated rings. The number of nitrogens with zero attached hydrogens (tertiary/aromatic N) is 4. The summed E-state index contributed by atoms with van der Waals surface area (Å²) in [6.45, 7) is 0. The molecule has 0 bridgehead atoms. The number of amides is 1. The van der Waals surface area contributed by atoms with Crippen molar-refractivity contribution < 1.29 is 4.79 Å². The second kappa shape index (κ2) is 7.30. The minimum absolute atomic E-state index is 0.0138. The molecule has 0 aliphatic heterocycles. The molecule has 0 spiro atoms. The minimum Gasteiger partial charge on any atom is -0.314 e. The number of imidazole rings is 1. The van der Waals surface area contributed by atoms with Crippen LogP contribution in [0.25, 0.3) is 0 Å². The van der Waals surface area contributed by atoms with Crippen LogP contribution in [-0.4, -0.2) is 20.9 Å². The van der Waals surface area contributed by atoms with Crippen molar-refractivity contribution in [1.82, 2.24) is 15.0 Å². The van der Waals surface area contributed by atoms with Crippen LogP contribution in [0.15, 0.2) is 58.6 Å². The third-order valence-electron chi connectivity index (χ3n) is 3.13. The molecule has 0 aliphatic rings. The molecule has 2 heterocycles. The second-order valence-electron chi connectivity index (χ2n) is 4.78. The van der Waals surface area contributed by atoms with E-state index >= 15 is 0 Å². The number of pyridine rings is 1. The Hall–Kier alpha value is -3.62. The van der Waals surface area contributed by atoms with Gasteiger partial charge in [0.2, 0.25) is 5.95 Å². The van der Waals surface area contributed by atoms with Crippen LogP contribution in [0.4, 0.5) is 5.95 Å². The maximum atomic E-state index is 12.2. The normalized spacial score (nSPS) is 9.84. The number of carbonyl (C=O) groups excluding carboxylic acids is 1. The summed E-state index contributed by atoms with van der Waals surface area (Å²) in [6, 6.07) is 16.3. The SMILES string of the molecule is N#Cc1nc(NC(=O)c2ccc(Sc3ccccn3)cc2)[nH]c1C#N. The standard InChI is InChI=1S/C17H10N6OS/c18-9-13-14(10-19)22-17(21-13)23-16(24)11-4-6-12(7-5-11)25-15-3-1-2-8-20-15/h1-8H,(H2,21,22,23,24). The van der Waals surface area contributed by atoms with Crippen LogP contribution < -0.4 is 5.32 Å². The van der Waals surface area contributed by atoms with Crippen molar-refractivity contribution in [3.05, 3.63) is 65.6 Å². The van der Waals surface area contributed by atoms with E-state index in [4.69, 9.17) is 10.5 Å². The van der Waals surface area contributed by atoms with Gasteiger partial charge in [-0.15, -0.1) is 0 Å². The van der Waals surface area contributed by atoms with Crippen molar-refractivity contribution in [3.8, 4) is 12.1 Å². The van der Waals surface area contributed by atoms with Gasteiger partial charge in [0.15, 0.2) is 11.4 Å². The van der Waals surface area contributed by atoms with Gasteiger partial charge in [-0.3, -0.25) is 10.1 Å². The molecule has 2 aromatic heterocycles. The smallest absolute Gasteiger partial charge is 0.257 e. The van der Waals surface area contributed by atoms with Crippen LogP contribution in [0.3, 0.4) is 0 Å². The zero-order valence-corrected chi connectivity index (χ0v) is 13.5. The van der Waals surface area contributed by atoms with Gasteiger partial charge in [0.05, 0.1) is 0 Å². The summed E-state index contributed by atoms with van der Waals surface area (Å²) in [6.07, 6.45) is 1.72. The third kappa shape index (κ3) is 3.83. The van der Waals surface area contributed by atoms with Gasteiger partial charge < -0.3 is 4.98 Å². The molecule has 3 aromatic rings. The fraction of sp³-hybridized carbons (Fsp3) is 0. The first-order chi connectivity index (χ1) is 12.2. The summed E-state index contributed by atoms with van der Waals surface area (Å²) >= 11 is 1.49. The summed E-state index contributed by atoms with van der Waals surface area (Å²) in [5.74, 6) is -0.331. The van der Waals surface area contributed by atoms with Crippen LogP contribution in [0.5, 0.6) is 0 Å². The summed E-state index contributed by atoms with van der Waals surface area (Å²) in [7, 11) is 0. The van der Waals surface area contributed by atoms with Crippen LogP contribution in [0.1, 0.15) is 21.7 Å². The van der Waals surface area contributed by atoms with E-state index in [0.29, 0.717) is 5.56 Å². The minimum atomic E-state index is -0.392. The number of anilines is 1. The largest absolute Gasteiger partial charge is 0.314 e. The van der Waals surface area contributed by atoms with Crippen molar-refractivity contribution in [2.24, 2.45) is 0 Å². The summed E-state index contributed by atoms with van der Waals surface area (Å²) < 4.78 is 0. The fourth-order valence-electron chi connectivity index (χ4n) is 1.98. The third-order valence-corrected chi connectivity index (χ3v) is 4.09. The van der Waals surface area contributed by atoms with E-state index in [9.17, 15) is 4.79 Å². The first-order valence-electron chi connectivity index (χ1n) is 7.10. The first kappa shape index (κ1) is 16.2. The Morgan fingerprint density at radius 3 is 2.52 bits per heavy atom. The van der Waals surface area contributed by atoms with Crippen LogP contribution >= 0.6 is 11.8 Å². The second-order valence-corrected chi connectivity index (χ2v) is 5.87. The van der Waals surface area contributed by atoms with E-state index in [0.717, 1.165) is 9.92 Å². The number of aromatic amines is 1. The fourth-order valence-corrected chi connectivity index (χ4v) is 2.75. The summed E-state index contributed by atoms with van der Waals surface area (Å²) in [4.78, 5) is 23.9. The average Bonchev–Trinajstić information content (AvgIpc) is 3.05. The number of carbonyl (C=O) groups is 1. The lowest BCUT2D eigenvalue weighted by atomic mass is 10.2. The molecule has 0 aliphatic carbocycles.